The van der Waals surface area contributed by atoms with E-state index in [2.05, 4.69) is 5.32 Å². The Morgan fingerprint density at radius 1 is 1.32 bits per heavy atom. The third kappa shape index (κ3) is 2.77. The highest BCUT2D eigenvalue weighted by Gasteiger charge is 2.14. The predicted octanol–water partition coefficient (Wildman–Crippen LogP) is 3.50. The molecule has 0 aliphatic heterocycles. The minimum Gasteiger partial charge on any atom is -0.478 e. The van der Waals surface area contributed by atoms with Gasteiger partial charge in [-0.3, -0.25) is 0 Å². The third-order valence-corrected chi connectivity index (χ3v) is 2.75. The molecule has 0 radical (unpaired) electrons. The Hall–Kier alpha value is -2.27. The van der Waals surface area contributed by atoms with Gasteiger partial charge in [0, 0.05) is 5.02 Å². The van der Waals surface area contributed by atoms with Gasteiger partial charge in [-0.15, -0.1) is 0 Å². The van der Waals surface area contributed by atoms with Gasteiger partial charge in [-0.1, -0.05) is 17.7 Å². The molecule has 0 saturated carbocycles. The summed E-state index contributed by atoms with van der Waals surface area (Å²) >= 11 is 5.65. The number of carboxylic acid groups (broad SMARTS) is 1. The van der Waals surface area contributed by atoms with Crippen molar-refractivity contribution >= 4 is 34.6 Å². The summed E-state index contributed by atoms with van der Waals surface area (Å²) < 4.78 is 13.7. The molecule has 0 aliphatic rings. The molecule has 2 aromatic carbocycles. The van der Waals surface area contributed by atoms with Gasteiger partial charge in [-0.25, -0.2) is 9.18 Å². The fourth-order valence-corrected chi connectivity index (χ4v) is 1.77. The Labute approximate surface area is 113 Å². The Morgan fingerprint density at radius 3 is 2.68 bits per heavy atom. The van der Waals surface area contributed by atoms with E-state index in [0.29, 0.717) is 0 Å². The average Bonchev–Trinajstić information content (AvgIpc) is 2.34. The van der Waals surface area contributed by atoms with Gasteiger partial charge in [0.2, 0.25) is 0 Å². The van der Waals surface area contributed by atoms with Crippen LogP contribution in [-0.2, 0) is 0 Å². The van der Waals surface area contributed by atoms with Gasteiger partial charge in [0.05, 0.1) is 22.6 Å². The lowest BCUT2D eigenvalue weighted by Crippen LogP contribution is -2.06. The zero-order valence-corrected chi connectivity index (χ0v) is 10.4. The summed E-state index contributed by atoms with van der Waals surface area (Å²) in [7, 11) is 0. The molecule has 0 fully saturated rings. The molecule has 0 bridgehead atoms. The normalized spacial score (nSPS) is 10.2. The SMILES string of the molecule is Nc1cccc(C(=O)O)c1Nc1ccc(Cl)cc1F. The summed E-state index contributed by atoms with van der Waals surface area (Å²) in [6, 6.07) is 8.46. The number of rotatable bonds is 3. The maximum absolute atomic E-state index is 13.7. The maximum Gasteiger partial charge on any atom is 0.337 e. The predicted molar refractivity (Wildman–Crippen MR) is 72.5 cm³/mol. The fraction of sp³-hybridized carbons (Fsp3) is 0. The molecule has 19 heavy (non-hydrogen) atoms. The zero-order chi connectivity index (χ0) is 14.0. The average molecular weight is 281 g/mol. The van der Waals surface area contributed by atoms with Crippen LogP contribution < -0.4 is 11.1 Å². The van der Waals surface area contributed by atoms with Crippen molar-refractivity contribution in [2.24, 2.45) is 0 Å². The van der Waals surface area contributed by atoms with E-state index in [0.717, 1.165) is 6.07 Å². The Bertz CT molecular complexity index is 647. The van der Waals surface area contributed by atoms with Crippen molar-refractivity contribution in [2.75, 3.05) is 11.1 Å². The molecule has 0 aromatic heterocycles. The lowest BCUT2D eigenvalue weighted by atomic mass is 10.1. The minimum absolute atomic E-state index is 0.0330. The van der Waals surface area contributed by atoms with Crippen molar-refractivity contribution in [1.82, 2.24) is 0 Å². The molecule has 2 rings (SSSR count). The van der Waals surface area contributed by atoms with Crippen molar-refractivity contribution in [3.8, 4) is 0 Å². The first kappa shape index (κ1) is 13.2. The first-order chi connectivity index (χ1) is 8.99. The van der Waals surface area contributed by atoms with Gasteiger partial charge < -0.3 is 16.2 Å². The molecule has 0 spiro atoms. The van der Waals surface area contributed by atoms with Crippen molar-refractivity contribution in [3.63, 3.8) is 0 Å². The van der Waals surface area contributed by atoms with Gasteiger partial charge >= 0.3 is 5.97 Å². The number of nitrogens with two attached hydrogens (primary N) is 1. The molecule has 6 heteroatoms. The fourth-order valence-electron chi connectivity index (χ4n) is 1.61. The van der Waals surface area contributed by atoms with E-state index >= 15 is 0 Å². The number of nitrogen functional groups attached to an aromatic ring is 1. The Morgan fingerprint density at radius 2 is 2.05 bits per heavy atom. The molecule has 0 unspecified atom stereocenters. The second-order valence-electron chi connectivity index (χ2n) is 3.82. The quantitative estimate of drug-likeness (QED) is 0.752. The first-order valence-electron chi connectivity index (χ1n) is 5.33. The van der Waals surface area contributed by atoms with Crippen molar-refractivity contribution in [2.45, 2.75) is 0 Å². The van der Waals surface area contributed by atoms with Gasteiger partial charge in [0.15, 0.2) is 0 Å². The van der Waals surface area contributed by atoms with Crippen LogP contribution in [-0.4, -0.2) is 11.1 Å². The van der Waals surface area contributed by atoms with Crippen LogP contribution in [0.2, 0.25) is 5.02 Å². The van der Waals surface area contributed by atoms with Crippen LogP contribution >= 0.6 is 11.6 Å². The molecule has 0 atom stereocenters. The number of nitrogens with one attached hydrogen (secondary N) is 1. The number of carboxylic acids is 1. The number of hydrogen-bond acceptors (Lipinski definition) is 3. The molecule has 4 nitrogen and oxygen atoms in total. The molecular weight excluding hydrogens is 271 g/mol. The summed E-state index contributed by atoms with van der Waals surface area (Å²) in [4.78, 5) is 11.1. The molecule has 0 saturated heterocycles. The van der Waals surface area contributed by atoms with E-state index in [4.69, 9.17) is 22.4 Å². The van der Waals surface area contributed by atoms with Crippen LogP contribution in [0.4, 0.5) is 21.5 Å². The Kier molecular flexibility index (Phi) is 3.57. The number of para-hydroxylation sites is 1. The van der Waals surface area contributed by atoms with Crippen LogP contribution in [0.25, 0.3) is 0 Å². The van der Waals surface area contributed by atoms with E-state index in [1.165, 1.54) is 30.3 Å². The number of halogens is 2. The van der Waals surface area contributed by atoms with Crippen molar-refractivity contribution in [1.29, 1.82) is 0 Å². The highest BCUT2D eigenvalue weighted by molar-refractivity contribution is 6.30. The van der Waals surface area contributed by atoms with E-state index in [-0.39, 0.29) is 27.6 Å². The summed E-state index contributed by atoms with van der Waals surface area (Å²) in [5, 5.41) is 12.0. The summed E-state index contributed by atoms with van der Waals surface area (Å²) in [5.41, 5.74) is 6.15. The van der Waals surface area contributed by atoms with Crippen molar-refractivity contribution in [3.05, 3.63) is 52.8 Å². The van der Waals surface area contributed by atoms with E-state index in [1.807, 2.05) is 0 Å². The third-order valence-electron chi connectivity index (χ3n) is 2.52. The second kappa shape index (κ2) is 5.16. The minimum atomic E-state index is -1.15. The highest BCUT2D eigenvalue weighted by atomic mass is 35.5. The lowest BCUT2D eigenvalue weighted by Gasteiger charge is -2.13. The smallest absolute Gasteiger partial charge is 0.337 e. The highest BCUT2D eigenvalue weighted by Crippen LogP contribution is 2.29. The number of hydrogen-bond donors (Lipinski definition) is 3. The molecule has 98 valence electrons. The molecule has 0 amide bonds. The van der Waals surface area contributed by atoms with Gasteiger partial charge in [0.25, 0.3) is 0 Å². The summed E-state index contributed by atoms with van der Waals surface area (Å²) in [5.74, 6) is -1.74. The number of carbonyl (C=O) groups is 1. The molecule has 4 N–H and O–H groups in total. The van der Waals surface area contributed by atoms with E-state index in [1.54, 1.807) is 0 Å². The number of benzene rings is 2. The summed E-state index contributed by atoms with van der Waals surface area (Å²) in [6.45, 7) is 0. The van der Waals surface area contributed by atoms with Gasteiger partial charge in [0.1, 0.15) is 5.82 Å². The zero-order valence-electron chi connectivity index (χ0n) is 9.65. The van der Waals surface area contributed by atoms with E-state index in [9.17, 15) is 9.18 Å². The molecule has 0 heterocycles. The van der Waals surface area contributed by atoms with Crippen LogP contribution in [0.15, 0.2) is 36.4 Å². The van der Waals surface area contributed by atoms with E-state index < -0.39 is 11.8 Å². The summed E-state index contributed by atoms with van der Waals surface area (Å²) in [6.07, 6.45) is 0. The molecular formula is C13H10ClFN2O2. The van der Waals surface area contributed by atoms with Crippen LogP contribution in [0.1, 0.15) is 10.4 Å². The number of aromatic carboxylic acids is 1. The molecule has 2 aromatic rings. The lowest BCUT2D eigenvalue weighted by molar-refractivity contribution is 0.0698. The van der Waals surface area contributed by atoms with Crippen LogP contribution in [0, 0.1) is 5.82 Å². The molecule has 0 aliphatic carbocycles. The maximum atomic E-state index is 13.7. The van der Waals surface area contributed by atoms with Crippen LogP contribution in [0.5, 0.6) is 0 Å². The second-order valence-corrected chi connectivity index (χ2v) is 4.26. The monoisotopic (exact) mass is 280 g/mol. The van der Waals surface area contributed by atoms with Crippen molar-refractivity contribution < 1.29 is 14.3 Å². The van der Waals surface area contributed by atoms with Gasteiger partial charge in [-0.2, -0.15) is 0 Å². The Balaban J connectivity index is 2.46. The largest absolute Gasteiger partial charge is 0.478 e. The standard InChI is InChI=1S/C13H10ClFN2O2/c14-7-4-5-11(9(15)6-7)17-12-8(13(18)19)2-1-3-10(12)16/h1-6,17H,16H2,(H,18,19). The number of anilines is 3. The van der Waals surface area contributed by atoms with Gasteiger partial charge in [-0.05, 0) is 30.3 Å². The first-order valence-corrected chi connectivity index (χ1v) is 5.70. The topological polar surface area (TPSA) is 75.4 Å². The van der Waals surface area contributed by atoms with Crippen LogP contribution in [0.3, 0.4) is 0 Å².